The summed E-state index contributed by atoms with van der Waals surface area (Å²) in [5.41, 5.74) is 0. The van der Waals surface area contributed by atoms with Crippen molar-refractivity contribution in [3.05, 3.63) is 0 Å². The molecule has 9 heavy (non-hydrogen) atoms. The molecule has 0 fully saturated rings. The molecule has 0 aliphatic carbocycles. The third kappa shape index (κ3) is 3.22. The first-order valence-electron chi connectivity index (χ1n) is 2.67. The highest BCUT2D eigenvalue weighted by atomic mass is 32.2. The monoisotopic (exact) mass is 146 g/mol. The minimum Gasteiger partial charge on any atom is -0.243 e. The van der Waals surface area contributed by atoms with Crippen LogP contribution in [0.4, 0.5) is 0 Å². The summed E-state index contributed by atoms with van der Waals surface area (Å²) < 4.78 is 12.2. The van der Waals surface area contributed by atoms with Crippen LogP contribution in [0, 0.1) is 11.3 Å². The smallest absolute Gasteiger partial charge is 0.0984 e. The summed E-state index contributed by atoms with van der Waals surface area (Å²) in [6.45, 7) is 2.79. The number of hydrogen-bond acceptors (Lipinski definition) is 2. The van der Waals surface area contributed by atoms with E-state index in [2.05, 4.69) is 0 Å². The zero-order valence-electron chi connectivity index (χ0n) is 5.63. The number of nitriles is 1. The van der Waals surface area contributed by atoms with Crippen molar-refractivity contribution in [3.8, 4) is 6.07 Å². The molecular weight excluding hydrogens is 136 g/mol. The molecule has 0 aromatic carbocycles. The lowest BCUT2D eigenvalue weighted by Gasteiger charge is -2.10. The van der Waals surface area contributed by atoms with E-state index >= 15 is 0 Å². The Labute approximate surface area is 57.9 Å². The van der Waals surface area contributed by atoms with Gasteiger partial charge in [0.25, 0.3) is 0 Å². The van der Waals surface area contributed by atoms with E-state index in [9.17, 15) is 4.21 Å². The van der Waals surface area contributed by atoms with Crippen molar-refractivity contribution < 1.29 is 4.21 Å². The molecule has 0 amide bonds. The van der Waals surface area contributed by atoms with Crippen LogP contribution in [0.3, 0.4) is 0 Å². The Kier molecular flexibility index (Phi) is 4.28. The fourth-order valence-electron chi connectivity index (χ4n) is 0.463. The van der Waals surface area contributed by atoms with Gasteiger partial charge in [0, 0.05) is 12.8 Å². The Morgan fingerprint density at radius 1 is 1.78 bits per heavy atom. The van der Waals surface area contributed by atoms with Crippen LogP contribution < -0.4 is 0 Å². The van der Waals surface area contributed by atoms with Crippen LogP contribution in [-0.2, 0) is 11.0 Å². The molecule has 0 aliphatic rings. The zero-order chi connectivity index (χ0) is 7.28. The van der Waals surface area contributed by atoms with Crippen LogP contribution in [-0.4, -0.2) is 27.9 Å². The first-order valence-corrected chi connectivity index (χ1v) is 4.19. The van der Waals surface area contributed by atoms with Gasteiger partial charge in [-0.2, -0.15) is 5.26 Å². The second kappa shape index (κ2) is 4.48. The minimum absolute atomic E-state index is 0.250. The highest BCUT2D eigenvalue weighted by Crippen LogP contribution is 1.88. The molecule has 0 saturated carbocycles. The van der Waals surface area contributed by atoms with E-state index in [1.807, 2.05) is 13.0 Å². The predicted octanol–water partition coefficient (Wildman–Crippen LogP) is 0.125. The minimum atomic E-state index is -0.992. The fraction of sp³-hybridized carbons (Fsp3) is 0.800. The average Bonchev–Trinajstić information content (AvgIpc) is 1.82. The summed E-state index contributed by atoms with van der Waals surface area (Å²) in [5.74, 6) is 0. The topological polar surface area (TPSA) is 44.1 Å². The van der Waals surface area contributed by atoms with E-state index in [1.54, 1.807) is 10.6 Å². The van der Waals surface area contributed by atoms with Gasteiger partial charge in [-0.05, 0) is 0 Å². The van der Waals surface area contributed by atoms with Gasteiger partial charge in [0.1, 0.15) is 0 Å². The van der Waals surface area contributed by atoms with Crippen molar-refractivity contribution in [2.45, 2.75) is 6.92 Å². The second-order valence-corrected chi connectivity index (χ2v) is 2.90. The standard InChI is InChI=1S/C5H10N2OS/c1-3-7(5-4-6)9(2)8/h3,5H2,1-2H3. The summed E-state index contributed by atoms with van der Waals surface area (Å²) in [5, 5.41) is 8.19. The van der Waals surface area contributed by atoms with Crippen molar-refractivity contribution in [1.82, 2.24) is 4.31 Å². The largest absolute Gasteiger partial charge is 0.243 e. The highest BCUT2D eigenvalue weighted by Gasteiger charge is 2.02. The molecule has 0 heterocycles. The molecule has 1 unspecified atom stereocenters. The van der Waals surface area contributed by atoms with Crippen LogP contribution >= 0.6 is 0 Å². The average molecular weight is 146 g/mol. The lowest BCUT2D eigenvalue weighted by Crippen LogP contribution is -2.24. The molecule has 0 N–H and O–H groups in total. The van der Waals surface area contributed by atoms with Crippen LogP contribution in [0.2, 0.25) is 0 Å². The van der Waals surface area contributed by atoms with Crippen molar-refractivity contribution in [2.75, 3.05) is 19.3 Å². The maximum absolute atomic E-state index is 10.7. The van der Waals surface area contributed by atoms with Crippen LogP contribution in [0.5, 0.6) is 0 Å². The van der Waals surface area contributed by atoms with Gasteiger partial charge in [-0.1, -0.05) is 6.92 Å². The number of rotatable bonds is 3. The maximum Gasteiger partial charge on any atom is 0.0984 e. The second-order valence-electron chi connectivity index (χ2n) is 1.54. The molecule has 0 aromatic heterocycles. The predicted molar refractivity (Wildman–Crippen MR) is 36.9 cm³/mol. The van der Waals surface area contributed by atoms with Crippen molar-refractivity contribution in [2.24, 2.45) is 0 Å². The Hall–Kier alpha value is -0.400. The van der Waals surface area contributed by atoms with Crippen LogP contribution in [0.15, 0.2) is 0 Å². The Morgan fingerprint density at radius 2 is 2.33 bits per heavy atom. The van der Waals surface area contributed by atoms with Gasteiger partial charge in [-0.15, -0.1) is 0 Å². The lowest BCUT2D eigenvalue weighted by atomic mass is 10.6. The summed E-state index contributed by atoms with van der Waals surface area (Å²) in [6, 6.07) is 1.93. The molecule has 0 saturated heterocycles. The summed E-state index contributed by atoms with van der Waals surface area (Å²) >= 11 is 0. The van der Waals surface area contributed by atoms with Gasteiger partial charge in [0.15, 0.2) is 0 Å². The van der Waals surface area contributed by atoms with Crippen LogP contribution in [0.1, 0.15) is 6.92 Å². The van der Waals surface area contributed by atoms with Crippen molar-refractivity contribution in [3.63, 3.8) is 0 Å². The number of hydrogen-bond donors (Lipinski definition) is 0. The van der Waals surface area contributed by atoms with Gasteiger partial charge in [0.2, 0.25) is 0 Å². The fourth-order valence-corrected chi connectivity index (χ4v) is 1.07. The van der Waals surface area contributed by atoms with Crippen LogP contribution in [0.25, 0.3) is 0 Å². The quantitative estimate of drug-likeness (QED) is 0.531. The van der Waals surface area contributed by atoms with E-state index in [4.69, 9.17) is 5.26 Å². The molecule has 3 nitrogen and oxygen atoms in total. The third-order valence-electron chi connectivity index (χ3n) is 0.963. The first-order chi connectivity index (χ1) is 4.22. The molecule has 0 spiro atoms. The van der Waals surface area contributed by atoms with E-state index in [-0.39, 0.29) is 6.54 Å². The molecule has 0 aliphatic heterocycles. The Balaban J connectivity index is 3.71. The molecule has 0 radical (unpaired) electrons. The van der Waals surface area contributed by atoms with Crippen molar-refractivity contribution in [1.29, 1.82) is 5.26 Å². The summed E-state index contributed by atoms with van der Waals surface area (Å²) in [4.78, 5) is 0. The molecule has 1 atom stereocenters. The first kappa shape index (κ1) is 8.60. The van der Waals surface area contributed by atoms with Gasteiger partial charge >= 0.3 is 0 Å². The van der Waals surface area contributed by atoms with E-state index in [0.29, 0.717) is 6.54 Å². The molecule has 4 heteroatoms. The maximum atomic E-state index is 10.7. The van der Waals surface area contributed by atoms with Gasteiger partial charge in [-0.25, -0.2) is 8.51 Å². The highest BCUT2D eigenvalue weighted by molar-refractivity contribution is 7.81. The van der Waals surface area contributed by atoms with Gasteiger partial charge in [0.05, 0.1) is 23.6 Å². The van der Waals surface area contributed by atoms with E-state index < -0.39 is 11.0 Å². The molecule has 52 valence electrons. The molecule has 0 aromatic rings. The van der Waals surface area contributed by atoms with E-state index in [0.717, 1.165) is 0 Å². The zero-order valence-corrected chi connectivity index (χ0v) is 6.44. The van der Waals surface area contributed by atoms with Crippen molar-refractivity contribution >= 4 is 11.0 Å². The SMILES string of the molecule is CCN(CC#N)S(C)=O. The molecular formula is C5H10N2OS. The Bertz CT molecular complexity index is 140. The molecule has 0 bridgehead atoms. The van der Waals surface area contributed by atoms with E-state index in [1.165, 1.54) is 0 Å². The third-order valence-corrected chi connectivity index (χ3v) is 2.08. The Morgan fingerprint density at radius 3 is 2.44 bits per heavy atom. The normalized spacial score (nSPS) is 13.1. The van der Waals surface area contributed by atoms with Gasteiger partial charge in [-0.3, -0.25) is 0 Å². The summed E-state index contributed by atoms with van der Waals surface area (Å²) in [6.07, 6.45) is 1.57. The number of nitrogens with zero attached hydrogens (tertiary/aromatic N) is 2. The summed E-state index contributed by atoms with van der Waals surface area (Å²) in [7, 11) is -0.992. The van der Waals surface area contributed by atoms with Gasteiger partial charge < -0.3 is 0 Å². The molecule has 0 rings (SSSR count). The lowest BCUT2D eigenvalue weighted by molar-refractivity contribution is 0.517.